The maximum Gasteiger partial charge on any atom is 0.137 e. The number of ether oxygens (including phenoxy) is 1. The van der Waals surface area contributed by atoms with Crippen LogP contribution in [0.15, 0.2) is 18.2 Å². The van der Waals surface area contributed by atoms with Crippen molar-refractivity contribution in [2.45, 2.75) is 31.6 Å². The van der Waals surface area contributed by atoms with E-state index in [-0.39, 0.29) is 0 Å². The Morgan fingerprint density at radius 3 is 2.50 bits per heavy atom. The zero-order valence-electron chi connectivity index (χ0n) is 12.3. The van der Waals surface area contributed by atoms with Crippen LogP contribution in [0.1, 0.15) is 37.2 Å². The highest BCUT2D eigenvalue weighted by atomic mass is 35.5. The number of likely N-dealkylation sites (tertiary alicyclic amines) is 1. The quantitative estimate of drug-likeness (QED) is 0.906. The summed E-state index contributed by atoms with van der Waals surface area (Å²) in [4.78, 5) is 2.54. The average Bonchev–Trinajstić information content (AvgIpc) is 2.73. The van der Waals surface area contributed by atoms with Gasteiger partial charge in [0.25, 0.3) is 0 Å². The lowest BCUT2D eigenvalue weighted by Gasteiger charge is -2.26. The largest absolute Gasteiger partial charge is 0.495 e. The third kappa shape index (κ3) is 4.11. The van der Waals surface area contributed by atoms with Crippen molar-refractivity contribution in [2.75, 3.05) is 33.3 Å². The summed E-state index contributed by atoms with van der Waals surface area (Å²) in [5, 5.41) is 0.666. The average molecular weight is 297 g/mol. The molecule has 0 bridgehead atoms. The predicted octanol–water partition coefficient (Wildman–Crippen LogP) is 3.27. The third-order valence-electron chi connectivity index (χ3n) is 4.11. The number of nitrogens with two attached hydrogens (primary N) is 1. The molecule has 2 rings (SSSR count). The molecule has 1 saturated heterocycles. The van der Waals surface area contributed by atoms with Crippen molar-refractivity contribution in [3.05, 3.63) is 28.8 Å². The Labute approximate surface area is 127 Å². The van der Waals surface area contributed by atoms with Gasteiger partial charge >= 0.3 is 0 Å². The van der Waals surface area contributed by atoms with Gasteiger partial charge in [-0.3, -0.25) is 0 Å². The number of halogens is 1. The minimum Gasteiger partial charge on any atom is -0.495 e. The number of nitrogens with zero attached hydrogens (tertiary/aromatic N) is 1. The number of hydrogen-bond donors (Lipinski definition) is 1. The summed E-state index contributed by atoms with van der Waals surface area (Å²) in [5.41, 5.74) is 7.19. The summed E-state index contributed by atoms with van der Waals surface area (Å²) < 4.78 is 5.21. The lowest BCUT2D eigenvalue weighted by molar-refractivity contribution is 0.267. The molecule has 0 radical (unpaired) electrons. The standard InChI is InChI=1S/C16H25ClN2O/c1-20-16-7-6-13(10-15(16)17)14(11-18)12-19-8-4-2-3-5-9-19/h6-7,10,14H,2-5,8-9,11-12,18H2,1H3. The Bertz CT molecular complexity index is 417. The molecule has 2 N–H and O–H groups in total. The van der Waals surface area contributed by atoms with Crippen molar-refractivity contribution in [1.82, 2.24) is 4.90 Å². The lowest BCUT2D eigenvalue weighted by Crippen LogP contribution is -2.32. The van der Waals surface area contributed by atoms with Gasteiger partial charge < -0.3 is 15.4 Å². The minimum absolute atomic E-state index is 0.344. The van der Waals surface area contributed by atoms with E-state index in [0.717, 1.165) is 12.3 Å². The molecule has 1 unspecified atom stereocenters. The van der Waals surface area contributed by atoms with E-state index < -0.39 is 0 Å². The molecule has 1 aromatic carbocycles. The van der Waals surface area contributed by atoms with Gasteiger partial charge in [0.15, 0.2) is 0 Å². The molecular weight excluding hydrogens is 272 g/mol. The van der Waals surface area contributed by atoms with E-state index in [4.69, 9.17) is 22.1 Å². The van der Waals surface area contributed by atoms with Gasteiger partial charge in [-0.05, 0) is 43.6 Å². The lowest BCUT2D eigenvalue weighted by atomic mass is 9.98. The maximum atomic E-state index is 6.22. The van der Waals surface area contributed by atoms with Crippen LogP contribution in [0.4, 0.5) is 0 Å². The first-order chi connectivity index (χ1) is 9.74. The molecule has 3 nitrogen and oxygen atoms in total. The SMILES string of the molecule is COc1ccc(C(CN)CN2CCCCCC2)cc1Cl. The molecule has 1 atom stereocenters. The second kappa shape index (κ2) is 7.87. The van der Waals surface area contributed by atoms with E-state index >= 15 is 0 Å². The molecule has 0 spiro atoms. The fourth-order valence-corrected chi connectivity index (χ4v) is 3.15. The van der Waals surface area contributed by atoms with Crippen LogP contribution in [-0.2, 0) is 0 Å². The van der Waals surface area contributed by atoms with Gasteiger partial charge in [0, 0.05) is 19.0 Å². The molecule has 1 fully saturated rings. The summed E-state index contributed by atoms with van der Waals surface area (Å²) in [6, 6.07) is 6.01. The van der Waals surface area contributed by atoms with Crippen LogP contribution < -0.4 is 10.5 Å². The summed E-state index contributed by atoms with van der Waals surface area (Å²) in [5.74, 6) is 1.07. The zero-order chi connectivity index (χ0) is 14.4. The first-order valence-corrected chi connectivity index (χ1v) is 7.88. The van der Waals surface area contributed by atoms with E-state index in [1.54, 1.807) is 7.11 Å². The Kier molecular flexibility index (Phi) is 6.14. The number of methoxy groups -OCH3 is 1. The summed E-state index contributed by atoms with van der Waals surface area (Å²) in [6.07, 6.45) is 5.33. The van der Waals surface area contributed by atoms with Gasteiger partial charge in [-0.25, -0.2) is 0 Å². The maximum absolute atomic E-state index is 6.22. The highest BCUT2D eigenvalue weighted by molar-refractivity contribution is 6.32. The van der Waals surface area contributed by atoms with Gasteiger partial charge in [0.1, 0.15) is 5.75 Å². The number of hydrogen-bond acceptors (Lipinski definition) is 3. The second-order valence-electron chi connectivity index (χ2n) is 5.54. The topological polar surface area (TPSA) is 38.5 Å². The van der Waals surface area contributed by atoms with E-state index in [1.165, 1.54) is 44.3 Å². The van der Waals surface area contributed by atoms with Gasteiger partial charge in [-0.15, -0.1) is 0 Å². The minimum atomic E-state index is 0.344. The van der Waals surface area contributed by atoms with Gasteiger partial charge in [0.2, 0.25) is 0 Å². The monoisotopic (exact) mass is 296 g/mol. The predicted molar refractivity (Wildman–Crippen MR) is 84.7 cm³/mol. The fourth-order valence-electron chi connectivity index (χ4n) is 2.88. The van der Waals surface area contributed by atoms with E-state index in [9.17, 15) is 0 Å². The van der Waals surface area contributed by atoms with E-state index in [1.807, 2.05) is 12.1 Å². The molecule has 1 aromatic rings. The molecule has 112 valence electrons. The van der Waals surface area contributed by atoms with Crippen LogP contribution in [0.5, 0.6) is 5.75 Å². The molecule has 1 aliphatic heterocycles. The molecule has 0 aromatic heterocycles. The molecule has 0 aliphatic carbocycles. The Morgan fingerprint density at radius 2 is 1.95 bits per heavy atom. The molecular formula is C16H25ClN2O. The van der Waals surface area contributed by atoms with Crippen LogP contribution in [0.3, 0.4) is 0 Å². The Balaban J connectivity index is 2.05. The molecule has 0 amide bonds. The summed E-state index contributed by atoms with van der Waals surface area (Å²) in [7, 11) is 1.64. The van der Waals surface area contributed by atoms with Crippen LogP contribution in [0.2, 0.25) is 5.02 Å². The summed E-state index contributed by atoms with van der Waals surface area (Å²) >= 11 is 6.22. The van der Waals surface area contributed by atoms with Crippen LogP contribution in [0.25, 0.3) is 0 Å². The van der Waals surface area contributed by atoms with Gasteiger partial charge in [0.05, 0.1) is 12.1 Å². The molecule has 0 saturated carbocycles. The van der Waals surface area contributed by atoms with E-state index in [0.29, 0.717) is 17.5 Å². The highest BCUT2D eigenvalue weighted by Gasteiger charge is 2.17. The zero-order valence-corrected chi connectivity index (χ0v) is 13.0. The number of rotatable bonds is 5. The summed E-state index contributed by atoms with van der Waals surface area (Å²) in [6.45, 7) is 4.07. The smallest absolute Gasteiger partial charge is 0.137 e. The van der Waals surface area contributed by atoms with Gasteiger partial charge in [-0.2, -0.15) is 0 Å². The van der Waals surface area contributed by atoms with Gasteiger partial charge in [-0.1, -0.05) is 30.5 Å². The Morgan fingerprint density at radius 1 is 1.25 bits per heavy atom. The molecule has 1 heterocycles. The van der Waals surface area contributed by atoms with Crippen LogP contribution >= 0.6 is 11.6 Å². The van der Waals surface area contributed by atoms with Crippen molar-refractivity contribution >= 4 is 11.6 Å². The van der Waals surface area contributed by atoms with Crippen LogP contribution in [0, 0.1) is 0 Å². The number of benzene rings is 1. The second-order valence-corrected chi connectivity index (χ2v) is 5.95. The molecule has 20 heavy (non-hydrogen) atoms. The Hall–Kier alpha value is -0.770. The van der Waals surface area contributed by atoms with Crippen molar-refractivity contribution in [3.8, 4) is 5.75 Å². The molecule has 4 heteroatoms. The highest BCUT2D eigenvalue weighted by Crippen LogP contribution is 2.28. The van der Waals surface area contributed by atoms with E-state index in [2.05, 4.69) is 11.0 Å². The van der Waals surface area contributed by atoms with Crippen molar-refractivity contribution in [3.63, 3.8) is 0 Å². The van der Waals surface area contributed by atoms with Crippen molar-refractivity contribution in [2.24, 2.45) is 5.73 Å². The van der Waals surface area contributed by atoms with Crippen LogP contribution in [-0.4, -0.2) is 38.2 Å². The fraction of sp³-hybridized carbons (Fsp3) is 0.625. The van der Waals surface area contributed by atoms with Crippen molar-refractivity contribution < 1.29 is 4.74 Å². The molecule has 1 aliphatic rings. The first kappa shape index (κ1) is 15.6. The first-order valence-electron chi connectivity index (χ1n) is 7.50. The third-order valence-corrected chi connectivity index (χ3v) is 4.40. The van der Waals surface area contributed by atoms with Crippen molar-refractivity contribution in [1.29, 1.82) is 0 Å². The normalized spacial score (nSPS) is 18.6.